The molecule has 5 heteroatoms. The van der Waals surface area contributed by atoms with E-state index in [4.69, 9.17) is 4.42 Å². The Bertz CT molecular complexity index is 575. The molecule has 0 unspecified atom stereocenters. The Labute approximate surface area is 145 Å². The number of hydrogen-bond donors (Lipinski definition) is 1. The number of carbonyl (C=O) groups is 1. The number of amides is 2. The van der Waals surface area contributed by atoms with Crippen molar-refractivity contribution in [3.05, 3.63) is 23.7 Å². The van der Waals surface area contributed by atoms with Crippen LogP contribution < -0.4 is 5.32 Å². The van der Waals surface area contributed by atoms with E-state index < -0.39 is 0 Å². The van der Waals surface area contributed by atoms with Crippen molar-refractivity contribution in [2.45, 2.75) is 59.0 Å². The molecule has 5 nitrogen and oxygen atoms in total. The fourth-order valence-corrected chi connectivity index (χ4v) is 3.93. The second-order valence-electron chi connectivity index (χ2n) is 8.33. The van der Waals surface area contributed by atoms with Crippen molar-refractivity contribution in [1.82, 2.24) is 15.1 Å². The SMILES string of the molecule is Cc1ccc([C@H](NC(=O)N2CCCN3CCC[C@@H]3C2)C(C)(C)C)o1. The molecule has 0 spiro atoms. The summed E-state index contributed by atoms with van der Waals surface area (Å²) in [7, 11) is 0. The van der Waals surface area contributed by atoms with Gasteiger partial charge >= 0.3 is 6.03 Å². The number of fused-ring (bicyclic) bond motifs is 1. The fraction of sp³-hybridized carbons (Fsp3) is 0.737. The predicted octanol–water partition coefficient (Wildman–Crippen LogP) is 3.55. The maximum absolute atomic E-state index is 12.9. The first-order valence-electron chi connectivity index (χ1n) is 9.20. The van der Waals surface area contributed by atoms with E-state index in [0.29, 0.717) is 6.04 Å². The maximum Gasteiger partial charge on any atom is 0.318 e. The minimum Gasteiger partial charge on any atom is -0.464 e. The number of furan rings is 1. The molecule has 1 aromatic rings. The van der Waals surface area contributed by atoms with E-state index in [1.807, 2.05) is 24.0 Å². The Balaban J connectivity index is 1.71. The monoisotopic (exact) mass is 333 g/mol. The number of aryl methyl sites for hydroxylation is 1. The quantitative estimate of drug-likeness (QED) is 0.900. The molecule has 2 amide bonds. The van der Waals surface area contributed by atoms with Crippen molar-refractivity contribution in [1.29, 1.82) is 0 Å². The van der Waals surface area contributed by atoms with Crippen molar-refractivity contribution in [3.63, 3.8) is 0 Å². The minimum atomic E-state index is -0.123. The van der Waals surface area contributed by atoms with E-state index in [2.05, 4.69) is 31.0 Å². The van der Waals surface area contributed by atoms with E-state index in [9.17, 15) is 4.79 Å². The number of carbonyl (C=O) groups excluding carboxylic acids is 1. The highest BCUT2D eigenvalue weighted by atomic mass is 16.3. The van der Waals surface area contributed by atoms with Crippen LogP contribution in [0.4, 0.5) is 4.79 Å². The molecule has 0 radical (unpaired) electrons. The normalized spacial score (nSPS) is 23.7. The molecule has 0 aliphatic carbocycles. The summed E-state index contributed by atoms with van der Waals surface area (Å²) in [6.07, 6.45) is 3.53. The first-order chi connectivity index (χ1) is 11.3. The largest absolute Gasteiger partial charge is 0.464 e. The van der Waals surface area contributed by atoms with Crippen molar-refractivity contribution < 1.29 is 9.21 Å². The van der Waals surface area contributed by atoms with Crippen LogP contribution in [-0.4, -0.2) is 48.1 Å². The second kappa shape index (κ2) is 6.79. The van der Waals surface area contributed by atoms with Gasteiger partial charge in [-0.05, 0) is 50.3 Å². The molecule has 0 bridgehead atoms. The van der Waals surface area contributed by atoms with Crippen LogP contribution in [0.5, 0.6) is 0 Å². The van der Waals surface area contributed by atoms with Gasteiger partial charge in [-0.25, -0.2) is 4.79 Å². The van der Waals surface area contributed by atoms with Gasteiger partial charge < -0.3 is 14.6 Å². The van der Waals surface area contributed by atoms with E-state index in [0.717, 1.165) is 37.6 Å². The van der Waals surface area contributed by atoms with E-state index in [1.165, 1.54) is 19.4 Å². The lowest BCUT2D eigenvalue weighted by atomic mass is 9.85. The van der Waals surface area contributed by atoms with Crippen LogP contribution in [0.25, 0.3) is 0 Å². The van der Waals surface area contributed by atoms with Gasteiger partial charge in [0.25, 0.3) is 0 Å². The van der Waals surface area contributed by atoms with Crippen molar-refractivity contribution in [2.24, 2.45) is 5.41 Å². The van der Waals surface area contributed by atoms with Crippen LogP contribution in [0, 0.1) is 12.3 Å². The highest BCUT2D eigenvalue weighted by Crippen LogP contribution is 2.34. The number of nitrogens with one attached hydrogen (secondary N) is 1. The Morgan fingerprint density at radius 3 is 2.67 bits per heavy atom. The van der Waals surface area contributed by atoms with E-state index in [1.54, 1.807) is 0 Å². The van der Waals surface area contributed by atoms with Gasteiger partial charge in [-0.1, -0.05) is 20.8 Å². The molecule has 1 aromatic heterocycles. The van der Waals surface area contributed by atoms with Crippen molar-refractivity contribution in [3.8, 4) is 0 Å². The third-order valence-electron chi connectivity index (χ3n) is 5.27. The summed E-state index contributed by atoms with van der Waals surface area (Å²) in [5.74, 6) is 1.72. The first-order valence-corrected chi connectivity index (χ1v) is 9.20. The molecule has 2 fully saturated rings. The Morgan fingerprint density at radius 1 is 1.25 bits per heavy atom. The molecular formula is C19H31N3O2. The van der Waals surface area contributed by atoms with Crippen molar-refractivity contribution in [2.75, 3.05) is 26.2 Å². The van der Waals surface area contributed by atoms with Gasteiger partial charge in [0, 0.05) is 25.7 Å². The summed E-state index contributed by atoms with van der Waals surface area (Å²) in [5.41, 5.74) is -0.106. The van der Waals surface area contributed by atoms with Gasteiger partial charge in [-0.3, -0.25) is 4.90 Å². The smallest absolute Gasteiger partial charge is 0.318 e. The molecular weight excluding hydrogens is 302 g/mol. The lowest BCUT2D eigenvalue weighted by molar-refractivity contribution is 0.167. The molecule has 1 N–H and O–H groups in total. The molecule has 0 saturated carbocycles. The van der Waals surface area contributed by atoms with Gasteiger partial charge in [0.1, 0.15) is 11.5 Å². The van der Waals surface area contributed by atoms with Crippen LogP contribution in [0.3, 0.4) is 0 Å². The third-order valence-corrected chi connectivity index (χ3v) is 5.27. The van der Waals surface area contributed by atoms with Crippen LogP contribution in [-0.2, 0) is 0 Å². The van der Waals surface area contributed by atoms with Crippen molar-refractivity contribution >= 4 is 6.03 Å². The lowest BCUT2D eigenvalue weighted by Gasteiger charge is -2.33. The van der Waals surface area contributed by atoms with Crippen LogP contribution in [0.15, 0.2) is 16.5 Å². The van der Waals surface area contributed by atoms with E-state index >= 15 is 0 Å². The average Bonchev–Trinajstić information content (AvgIpc) is 3.07. The first kappa shape index (κ1) is 17.3. The number of nitrogens with zero attached hydrogens (tertiary/aromatic N) is 2. The average molecular weight is 333 g/mol. The Hall–Kier alpha value is -1.49. The molecule has 2 aliphatic rings. The zero-order valence-corrected chi connectivity index (χ0v) is 15.5. The summed E-state index contributed by atoms with van der Waals surface area (Å²) in [6, 6.07) is 4.39. The van der Waals surface area contributed by atoms with Gasteiger partial charge in [0.05, 0.1) is 6.04 Å². The summed E-state index contributed by atoms with van der Waals surface area (Å²) in [4.78, 5) is 17.5. The summed E-state index contributed by atoms with van der Waals surface area (Å²) in [5, 5.41) is 3.24. The standard InChI is InChI=1S/C19H31N3O2/c1-14-8-9-16(24-14)17(19(2,3)4)20-18(23)22-12-6-11-21-10-5-7-15(21)13-22/h8-9,15,17H,5-7,10-13H2,1-4H3,(H,20,23)/t15-,17+/m1/s1. The second-order valence-corrected chi connectivity index (χ2v) is 8.33. The minimum absolute atomic E-state index is 0.0396. The van der Waals surface area contributed by atoms with Gasteiger partial charge in [-0.15, -0.1) is 0 Å². The topological polar surface area (TPSA) is 48.7 Å². The fourth-order valence-electron chi connectivity index (χ4n) is 3.93. The Kier molecular flexibility index (Phi) is 4.90. The predicted molar refractivity (Wildman–Crippen MR) is 95.0 cm³/mol. The zero-order chi connectivity index (χ0) is 17.3. The molecule has 3 heterocycles. The van der Waals surface area contributed by atoms with E-state index in [-0.39, 0.29) is 17.5 Å². The van der Waals surface area contributed by atoms with Crippen LogP contribution in [0.1, 0.15) is 57.6 Å². The summed E-state index contributed by atoms with van der Waals surface area (Å²) < 4.78 is 5.81. The molecule has 24 heavy (non-hydrogen) atoms. The molecule has 2 atom stereocenters. The van der Waals surface area contributed by atoms with Gasteiger partial charge in [0.2, 0.25) is 0 Å². The molecule has 3 rings (SSSR count). The molecule has 0 aromatic carbocycles. The zero-order valence-electron chi connectivity index (χ0n) is 15.5. The lowest BCUT2D eigenvalue weighted by Crippen LogP contribution is -2.47. The number of urea groups is 1. The third kappa shape index (κ3) is 3.77. The van der Waals surface area contributed by atoms with Crippen LogP contribution >= 0.6 is 0 Å². The van der Waals surface area contributed by atoms with Gasteiger partial charge in [-0.2, -0.15) is 0 Å². The molecule has 134 valence electrons. The number of hydrogen-bond acceptors (Lipinski definition) is 3. The highest BCUT2D eigenvalue weighted by molar-refractivity contribution is 5.75. The summed E-state index contributed by atoms with van der Waals surface area (Å²) in [6.45, 7) is 12.3. The summed E-state index contributed by atoms with van der Waals surface area (Å²) >= 11 is 0. The molecule has 2 saturated heterocycles. The number of rotatable bonds is 2. The molecule has 2 aliphatic heterocycles. The highest BCUT2D eigenvalue weighted by Gasteiger charge is 2.34. The Morgan fingerprint density at radius 2 is 2.00 bits per heavy atom. The van der Waals surface area contributed by atoms with Crippen LogP contribution in [0.2, 0.25) is 0 Å². The van der Waals surface area contributed by atoms with Gasteiger partial charge in [0.15, 0.2) is 0 Å². The maximum atomic E-state index is 12.9.